The summed E-state index contributed by atoms with van der Waals surface area (Å²) in [6.45, 7) is 5.37. The minimum Gasteiger partial charge on any atom is -0.347 e. The van der Waals surface area contributed by atoms with Gasteiger partial charge < -0.3 is 16.0 Å². The predicted octanol–water partition coefficient (Wildman–Crippen LogP) is -0.437. The number of likely N-dealkylation sites (N-methyl/N-ethyl adjacent to an activating group) is 1. The smallest absolute Gasteiger partial charge is 0.244 e. The molecule has 2 amide bonds. The van der Waals surface area contributed by atoms with E-state index >= 15 is 0 Å². The van der Waals surface area contributed by atoms with Gasteiger partial charge in [0, 0.05) is 14.1 Å². The number of carbonyl (C=O) groups excluding carboxylic acids is 2. The first-order valence-corrected chi connectivity index (χ1v) is 5.04. The van der Waals surface area contributed by atoms with Gasteiger partial charge in [-0.25, -0.2) is 0 Å². The van der Waals surface area contributed by atoms with Crippen LogP contribution in [0.25, 0.3) is 0 Å². The minimum absolute atomic E-state index is 0.0617. The summed E-state index contributed by atoms with van der Waals surface area (Å²) in [5.41, 5.74) is 5.65. The van der Waals surface area contributed by atoms with E-state index in [4.69, 9.17) is 5.73 Å². The monoisotopic (exact) mass is 215 g/mol. The molecule has 0 rings (SSSR count). The van der Waals surface area contributed by atoms with Gasteiger partial charge in [-0.05, 0) is 12.8 Å². The third-order valence-electron chi connectivity index (χ3n) is 2.19. The predicted molar refractivity (Wildman–Crippen MR) is 59.1 cm³/mol. The van der Waals surface area contributed by atoms with Crippen LogP contribution in [0.15, 0.2) is 0 Å². The molecule has 2 atom stereocenters. The van der Waals surface area contributed by atoms with Crippen LogP contribution in [-0.2, 0) is 9.59 Å². The van der Waals surface area contributed by atoms with E-state index in [-0.39, 0.29) is 17.7 Å². The molecule has 0 saturated carbocycles. The molecule has 5 heteroatoms. The number of carbonyl (C=O) groups is 2. The van der Waals surface area contributed by atoms with Crippen LogP contribution in [-0.4, -0.2) is 42.9 Å². The van der Waals surface area contributed by atoms with Crippen molar-refractivity contribution in [3.8, 4) is 0 Å². The van der Waals surface area contributed by atoms with E-state index in [9.17, 15) is 9.59 Å². The fraction of sp³-hybridized carbons (Fsp3) is 0.800. The molecule has 0 aliphatic rings. The highest BCUT2D eigenvalue weighted by Gasteiger charge is 2.22. The molecular formula is C10H21N3O2. The van der Waals surface area contributed by atoms with Crippen LogP contribution < -0.4 is 11.1 Å². The molecule has 5 nitrogen and oxygen atoms in total. The molecule has 0 aliphatic carbocycles. The van der Waals surface area contributed by atoms with Crippen molar-refractivity contribution in [1.82, 2.24) is 10.2 Å². The number of hydrogen-bond donors (Lipinski definition) is 2. The lowest BCUT2D eigenvalue weighted by atomic mass is 10.0. The van der Waals surface area contributed by atoms with Gasteiger partial charge in [-0.2, -0.15) is 0 Å². The van der Waals surface area contributed by atoms with Crippen LogP contribution in [0.1, 0.15) is 20.8 Å². The molecule has 0 aromatic heterocycles. The van der Waals surface area contributed by atoms with E-state index in [0.29, 0.717) is 0 Å². The minimum atomic E-state index is -0.567. The van der Waals surface area contributed by atoms with Gasteiger partial charge in [-0.3, -0.25) is 9.59 Å². The maximum Gasteiger partial charge on any atom is 0.244 e. The van der Waals surface area contributed by atoms with Crippen molar-refractivity contribution >= 4 is 11.8 Å². The van der Waals surface area contributed by atoms with Crippen molar-refractivity contribution in [3.05, 3.63) is 0 Å². The number of nitrogens with two attached hydrogens (primary N) is 1. The van der Waals surface area contributed by atoms with Crippen molar-refractivity contribution in [1.29, 1.82) is 0 Å². The van der Waals surface area contributed by atoms with Gasteiger partial charge in [0.25, 0.3) is 0 Å². The molecule has 3 N–H and O–H groups in total. The van der Waals surface area contributed by atoms with Crippen LogP contribution in [0, 0.1) is 5.92 Å². The van der Waals surface area contributed by atoms with Gasteiger partial charge in [0.15, 0.2) is 0 Å². The normalized spacial score (nSPS) is 14.6. The van der Waals surface area contributed by atoms with Crippen molar-refractivity contribution in [2.75, 3.05) is 14.1 Å². The second-order valence-electron chi connectivity index (χ2n) is 4.23. The van der Waals surface area contributed by atoms with E-state index in [1.165, 1.54) is 4.90 Å². The van der Waals surface area contributed by atoms with E-state index in [0.717, 1.165) is 0 Å². The summed E-state index contributed by atoms with van der Waals surface area (Å²) in [5.74, 6) is -0.362. The van der Waals surface area contributed by atoms with E-state index in [2.05, 4.69) is 5.32 Å². The molecular weight excluding hydrogens is 194 g/mol. The molecule has 0 unspecified atom stereocenters. The molecule has 0 aromatic rings. The zero-order valence-electron chi connectivity index (χ0n) is 10.1. The fourth-order valence-electron chi connectivity index (χ4n) is 1.06. The molecule has 0 aliphatic heterocycles. The second kappa shape index (κ2) is 5.70. The second-order valence-corrected chi connectivity index (χ2v) is 4.23. The summed E-state index contributed by atoms with van der Waals surface area (Å²) in [6.07, 6.45) is 0. The largest absolute Gasteiger partial charge is 0.347 e. The van der Waals surface area contributed by atoms with Crippen LogP contribution in [0.3, 0.4) is 0 Å². The highest BCUT2D eigenvalue weighted by Crippen LogP contribution is 1.99. The zero-order chi connectivity index (χ0) is 12.2. The molecule has 0 spiro atoms. The number of nitrogens with one attached hydrogen (secondary N) is 1. The number of rotatable bonds is 4. The third-order valence-corrected chi connectivity index (χ3v) is 2.19. The van der Waals surface area contributed by atoms with Gasteiger partial charge in [-0.1, -0.05) is 13.8 Å². The summed E-state index contributed by atoms with van der Waals surface area (Å²) in [5, 5.41) is 2.59. The summed E-state index contributed by atoms with van der Waals surface area (Å²) in [6, 6.07) is -1.10. The van der Waals surface area contributed by atoms with Crippen LogP contribution in [0.2, 0.25) is 0 Å². The first-order chi connectivity index (χ1) is 6.77. The Balaban J connectivity index is 4.24. The van der Waals surface area contributed by atoms with Crippen molar-refractivity contribution in [3.63, 3.8) is 0 Å². The lowest BCUT2D eigenvalue weighted by Gasteiger charge is -2.21. The molecule has 0 bridgehead atoms. The zero-order valence-corrected chi connectivity index (χ0v) is 10.1. The molecule has 0 heterocycles. The Morgan fingerprint density at radius 3 is 2.00 bits per heavy atom. The Morgan fingerprint density at radius 2 is 1.67 bits per heavy atom. The fourth-order valence-corrected chi connectivity index (χ4v) is 1.06. The third kappa shape index (κ3) is 4.29. The molecule has 0 aromatic carbocycles. The van der Waals surface area contributed by atoms with Gasteiger partial charge in [-0.15, -0.1) is 0 Å². The summed E-state index contributed by atoms with van der Waals surface area (Å²) in [4.78, 5) is 24.4. The molecule has 0 radical (unpaired) electrons. The Hall–Kier alpha value is -1.10. The summed E-state index contributed by atoms with van der Waals surface area (Å²) >= 11 is 0. The topological polar surface area (TPSA) is 75.4 Å². The van der Waals surface area contributed by atoms with Crippen molar-refractivity contribution in [2.45, 2.75) is 32.9 Å². The Bertz CT molecular complexity index is 239. The first kappa shape index (κ1) is 13.9. The van der Waals surface area contributed by atoms with Gasteiger partial charge in [0.05, 0.1) is 6.04 Å². The number of amides is 2. The Morgan fingerprint density at radius 1 is 1.20 bits per heavy atom. The summed E-state index contributed by atoms with van der Waals surface area (Å²) in [7, 11) is 3.29. The van der Waals surface area contributed by atoms with E-state index in [1.54, 1.807) is 21.0 Å². The highest BCUT2D eigenvalue weighted by molar-refractivity contribution is 5.89. The molecule has 15 heavy (non-hydrogen) atoms. The number of hydrogen-bond acceptors (Lipinski definition) is 3. The molecule has 0 saturated heterocycles. The standard InChI is InChI=1S/C10H21N3O2/c1-6(2)8(11)9(14)12-7(3)10(15)13(4)5/h6-8H,11H2,1-5H3,(H,12,14)/t7-,8-/m0/s1. The van der Waals surface area contributed by atoms with Crippen LogP contribution >= 0.6 is 0 Å². The molecule has 88 valence electrons. The van der Waals surface area contributed by atoms with Gasteiger partial charge in [0.2, 0.25) is 11.8 Å². The average Bonchev–Trinajstić information content (AvgIpc) is 2.14. The Kier molecular flexibility index (Phi) is 5.28. The van der Waals surface area contributed by atoms with Gasteiger partial charge in [0.1, 0.15) is 6.04 Å². The van der Waals surface area contributed by atoms with Crippen molar-refractivity contribution in [2.24, 2.45) is 11.7 Å². The lowest BCUT2D eigenvalue weighted by Crippen LogP contribution is -2.51. The Labute approximate surface area is 91.0 Å². The number of nitrogens with zero attached hydrogens (tertiary/aromatic N) is 1. The maximum absolute atomic E-state index is 11.5. The van der Waals surface area contributed by atoms with E-state index in [1.807, 2.05) is 13.8 Å². The first-order valence-electron chi connectivity index (χ1n) is 5.04. The average molecular weight is 215 g/mol. The van der Waals surface area contributed by atoms with Crippen molar-refractivity contribution < 1.29 is 9.59 Å². The van der Waals surface area contributed by atoms with Crippen LogP contribution in [0.4, 0.5) is 0 Å². The van der Waals surface area contributed by atoms with Crippen LogP contribution in [0.5, 0.6) is 0 Å². The van der Waals surface area contributed by atoms with E-state index < -0.39 is 12.1 Å². The lowest BCUT2D eigenvalue weighted by molar-refractivity contribution is -0.134. The highest BCUT2D eigenvalue weighted by atomic mass is 16.2. The van der Waals surface area contributed by atoms with Gasteiger partial charge >= 0.3 is 0 Å². The quantitative estimate of drug-likeness (QED) is 0.667. The summed E-state index contributed by atoms with van der Waals surface area (Å²) < 4.78 is 0. The maximum atomic E-state index is 11.5. The molecule has 0 fully saturated rings. The SMILES string of the molecule is CC(C)[C@H](N)C(=O)N[C@@H](C)C(=O)N(C)C.